The molecule has 1 rings (SSSR count). The van der Waals surface area contributed by atoms with E-state index in [1.165, 1.54) is 30.5 Å². The summed E-state index contributed by atoms with van der Waals surface area (Å²) in [6, 6.07) is 4.55. The molecule has 0 heterocycles. The molecule has 1 aromatic carbocycles. The minimum atomic E-state index is -3.47. The van der Waals surface area contributed by atoms with E-state index in [1.807, 2.05) is 0 Å². The molecule has 5 nitrogen and oxygen atoms in total. The van der Waals surface area contributed by atoms with Crippen LogP contribution in [0.25, 0.3) is 0 Å². The average Bonchev–Trinajstić information content (AvgIpc) is 2.37. The Morgan fingerprint density at radius 2 is 2.00 bits per heavy atom. The Bertz CT molecular complexity index is 541. The Hall–Kier alpha value is -1.27. The van der Waals surface area contributed by atoms with E-state index in [2.05, 4.69) is 13.8 Å². The van der Waals surface area contributed by atoms with Gasteiger partial charge in [0.1, 0.15) is 5.75 Å². The van der Waals surface area contributed by atoms with Crippen molar-refractivity contribution < 1.29 is 13.2 Å². The lowest BCUT2D eigenvalue weighted by Crippen LogP contribution is -2.22. The summed E-state index contributed by atoms with van der Waals surface area (Å²) in [5.41, 5.74) is 6.29. The highest BCUT2D eigenvalue weighted by Gasteiger charge is 2.19. The molecule has 0 bridgehead atoms. The molecule has 0 radical (unpaired) electrons. The van der Waals surface area contributed by atoms with Gasteiger partial charge in [-0.25, -0.2) is 12.7 Å². The van der Waals surface area contributed by atoms with Gasteiger partial charge in [-0.15, -0.1) is 0 Å². The second-order valence-corrected chi connectivity index (χ2v) is 7.34. The van der Waals surface area contributed by atoms with Crippen LogP contribution in [0.3, 0.4) is 0 Å². The SMILES string of the molecule is CCCC(C)COc1cc(S(=O)(=O)N(C)C)ccc1N. The van der Waals surface area contributed by atoms with Gasteiger partial charge in [-0.2, -0.15) is 0 Å². The quantitative estimate of drug-likeness (QED) is 0.784. The van der Waals surface area contributed by atoms with Gasteiger partial charge in [0.2, 0.25) is 10.0 Å². The maximum atomic E-state index is 12.1. The molecule has 0 saturated heterocycles. The lowest BCUT2D eigenvalue weighted by atomic mass is 10.1. The zero-order chi connectivity index (χ0) is 15.3. The highest BCUT2D eigenvalue weighted by Crippen LogP contribution is 2.27. The van der Waals surface area contributed by atoms with Crippen molar-refractivity contribution in [2.24, 2.45) is 5.92 Å². The van der Waals surface area contributed by atoms with Crippen LogP contribution in [0.1, 0.15) is 26.7 Å². The largest absolute Gasteiger partial charge is 0.491 e. The molecule has 2 N–H and O–H groups in total. The average molecular weight is 300 g/mol. The molecule has 1 aromatic rings. The summed E-state index contributed by atoms with van der Waals surface area (Å²) in [5.74, 6) is 0.837. The van der Waals surface area contributed by atoms with Gasteiger partial charge in [-0.05, 0) is 24.5 Å². The van der Waals surface area contributed by atoms with E-state index in [0.717, 1.165) is 12.8 Å². The summed E-state index contributed by atoms with van der Waals surface area (Å²) in [6.45, 7) is 4.75. The molecule has 0 spiro atoms. The molecule has 0 aliphatic carbocycles. The van der Waals surface area contributed by atoms with Crippen molar-refractivity contribution >= 4 is 15.7 Å². The summed E-state index contributed by atoms with van der Waals surface area (Å²) in [4.78, 5) is 0.190. The van der Waals surface area contributed by atoms with Crippen LogP contribution in [0.4, 0.5) is 5.69 Å². The van der Waals surface area contributed by atoms with E-state index in [4.69, 9.17) is 10.5 Å². The number of sulfonamides is 1. The fraction of sp³-hybridized carbons (Fsp3) is 0.571. The van der Waals surface area contributed by atoms with Crippen molar-refractivity contribution in [3.05, 3.63) is 18.2 Å². The molecule has 0 fully saturated rings. The van der Waals surface area contributed by atoms with E-state index in [-0.39, 0.29) is 4.90 Å². The van der Waals surface area contributed by atoms with Crippen molar-refractivity contribution in [2.45, 2.75) is 31.6 Å². The predicted octanol–water partition coefficient (Wildman–Crippen LogP) is 2.33. The van der Waals surface area contributed by atoms with Crippen LogP contribution in [0, 0.1) is 5.92 Å². The number of nitrogens with zero attached hydrogens (tertiary/aromatic N) is 1. The summed E-state index contributed by atoms with van der Waals surface area (Å²) in [7, 11) is -0.476. The fourth-order valence-corrected chi connectivity index (χ4v) is 2.74. The van der Waals surface area contributed by atoms with Crippen molar-refractivity contribution in [3.63, 3.8) is 0 Å². The molecule has 1 atom stereocenters. The van der Waals surface area contributed by atoms with E-state index in [9.17, 15) is 8.42 Å². The highest BCUT2D eigenvalue weighted by molar-refractivity contribution is 7.89. The second-order valence-electron chi connectivity index (χ2n) is 5.19. The number of nitrogens with two attached hydrogens (primary N) is 1. The first-order chi connectivity index (χ1) is 9.28. The van der Waals surface area contributed by atoms with Crippen LogP contribution >= 0.6 is 0 Å². The molecule has 0 saturated carbocycles. The van der Waals surface area contributed by atoms with Crippen molar-refractivity contribution in [2.75, 3.05) is 26.4 Å². The normalized spacial score (nSPS) is 13.4. The van der Waals surface area contributed by atoms with Crippen LogP contribution in [0.5, 0.6) is 5.75 Å². The molecule has 20 heavy (non-hydrogen) atoms. The van der Waals surface area contributed by atoms with E-state index >= 15 is 0 Å². The first-order valence-electron chi connectivity index (χ1n) is 6.73. The molecule has 6 heteroatoms. The van der Waals surface area contributed by atoms with Gasteiger partial charge in [0.05, 0.1) is 17.2 Å². The zero-order valence-electron chi connectivity index (χ0n) is 12.6. The number of ether oxygens (including phenoxy) is 1. The maximum absolute atomic E-state index is 12.1. The van der Waals surface area contributed by atoms with Gasteiger partial charge in [0, 0.05) is 20.2 Å². The summed E-state index contributed by atoms with van der Waals surface area (Å²) in [5, 5.41) is 0. The molecule has 0 amide bonds. The number of benzene rings is 1. The van der Waals surface area contributed by atoms with Gasteiger partial charge < -0.3 is 10.5 Å². The van der Waals surface area contributed by atoms with Crippen molar-refractivity contribution in [3.8, 4) is 5.75 Å². The van der Waals surface area contributed by atoms with E-state index in [0.29, 0.717) is 24.0 Å². The monoisotopic (exact) mass is 300 g/mol. The fourth-order valence-electron chi connectivity index (χ4n) is 1.82. The Labute approximate surface area is 121 Å². The van der Waals surface area contributed by atoms with Gasteiger partial charge in [-0.1, -0.05) is 20.3 Å². The highest BCUT2D eigenvalue weighted by atomic mass is 32.2. The Morgan fingerprint density at radius 3 is 2.55 bits per heavy atom. The summed E-state index contributed by atoms with van der Waals surface area (Å²) < 4.78 is 31.0. The maximum Gasteiger partial charge on any atom is 0.242 e. The molecular formula is C14H24N2O3S. The number of anilines is 1. The number of hydrogen-bond acceptors (Lipinski definition) is 4. The third kappa shape index (κ3) is 4.11. The van der Waals surface area contributed by atoms with Crippen LogP contribution in [-0.2, 0) is 10.0 Å². The van der Waals surface area contributed by atoms with Crippen molar-refractivity contribution in [1.82, 2.24) is 4.31 Å². The molecule has 0 aliphatic rings. The molecule has 1 unspecified atom stereocenters. The van der Waals surface area contributed by atoms with Gasteiger partial charge in [-0.3, -0.25) is 0 Å². The number of rotatable bonds is 7. The van der Waals surface area contributed by atoms with Gasteiger partial charge in [0.25, 0.3) is 0 Å². The van der Waals surface area contributed by atoms with Crippen molar-refractivity contribution in [1.29, 1.82) is 0 Å². The van der Waals surface area contributed by atoms with E-state index in [1.54, 1.807) is 6.07 Å². The smallest absolute Gasteiger partial charge is 0.242 e. The van der Waals surface area contributed by atoms with Crippen LogP contribution < -0.4 is 10.5 Å². The van der Waals surface area contributed by atoms with Crippen LogP contribution in [0.15, 0.2) is 23.1 Å². The number of hydrogen-bond donors (Lipinski definition) is 1. The lowest BCUT2D eigenvalue weighted by Gasteiger charge is -2.16. The minimum absolute atomic E-state index is 0.190. The first kappa shape index (κ1) is 16.8. The predicted molar refractivity (Wildman–Crippen MR) is 81.3 cm³/mol. The second kappa shape index (κ2) is 6.95. The summed E-state index contributed by atoms with van der Waals surface area (Å²) in [6.07, 6.45) is 2.16. The lowest BCUT2D eigenvalue weighted by molar-refractivity contribution is 0.252. The minimum Gasteiger partial charge on any atom is -0.491 e. The molecule has 0 aliphatic heterocycles. The van der Waals surface area contributed by atoms with E-state index < -0.39 is 10.0 Å². The van der Waals surface area contributed by atoms with Gasteiger partial charge in [0.15, 0.2) is 0 Å². The topological polar surface area (TPSA) is 72.6 Å². The third-order valence-electron chi connectivity index (χ3n) is 3.07. The van der Waals surface area contributed by atoms with Gasteiger partial charge >= 0.3 is 0 Å². The summed E-state index contributed by atoms with van der Waals surface area (Å²) >= 11 is 0. The Balaban J connectivity index is 2.93. The zero-order valence-corrected chi connectivity index (χ0v) is 13.4. The van der Waals surface area contributed by atoms with Crippen LogP contribution in [0.2, 0.25) is 0 Å². The Morgan fingerprint density at radius 1 is 1.35 bits per heavy atom. The molecule has 0 aromatic heterocycles. The molecular weight excluding hydrogens is 276 g/mol. The standard InChI is InChI=1S/C14H24N2O3S/c1-5-6-11(2)10-19-14-9-12(7-8-13(14)15)20(17,18)16(3)4/h7-9,11H,5-6,10,15H2,1-4H3. The molecule has 114 valence electrons. The first-order valence-corrected chi connectivity index (χ1v) is 8.17. The van der Waals surface area contributed by atoms with Crippen LogP contribution in [-0.4, -0.2) is 33.4 Å². The Kier molecular flexibility index (Phi) is 5.83. The number of nitrogen functional groups attached to an aromatic ring is 1. The third-order valence-corrected chi connectivity index (χ3v) is 4.88.